The van der Waals surface area contributed by atoms with E-state index in [1.807, 2.05) is 54.8 Å². The van der Waals surface area contributed by atoms with Gasteiger partial charge in [-0.15, -0.1) is 11.3 Å². The molecule has 160 valence electrons. The Morgan fingerprint density at radius 3 is 2.72 bits per heavy atom. The highest BCUT2D eigenvalue weighted by Gasteiger charge is 2.36. The summed E-state index contributed by atoms with van der Waals surface area (Å²) in [5, 5.41) is 9.10. The average molecular weight is 447 g/mol. The predicted octanol–water partition coefficient (Wildman–Crippen LogP) is 5.63. The van der Waals surface area contributed by atoms with Crippen LogP contribution in [0, 0.1) is 5.82 Å². The van der Waals surface area contributed by atoms with Crippen LogP contribution in [0.3, 0.4) is 0 Å². The van der Waals surface area contributed by atoms with Gasteiger partial charge in [-0.3, -0.25) is 4.90 Å². The predicted molar refractivity (Wildman–Crippen MR) is 120 cm³/mol. The van der Waals surface area contributed by atoms with Crippen molar-refractivity contribution in [3.8, 4) is 11.4 Å². The number of nitrogens with one attached hydrogen (secondary N) is 1. The van der Waals surface area contributed by atoms with E-state index in [1.165, 1.54) is 12.1 Å². The van der Waals surface area contributed by atoms with Crippen LogP contribution in [0.1, 0.15) is 29.3 Å². The maximum atomic E-state index is 14.0. The smallest absolute Gasteiger partial charge is 0.322 e. The molecule has 32 heavy (non-hydrogen) atoms. The zero-order valence-electron chi connectivity index (χ0n) is 17.2. The molecule has 0 saturated carbocycles. The van der Waals surface area contributed by atoms with E-state index < -0.39 is 6.04 Å². The van der Waals surface area contributed by atoms with Crippen LogP contribution in [0.2, 0.25) is 0 Å². The van der Waals surface area contributed by atoms with Crippen LogP contribution < -0.4 is 5.32 Å². The van der Waals surface area contributed by atoms with E-state index in [2.05, 4.69) is 15.5 Å². The number of hydrogen-bond donors (Lipinski definition) is 1. The molecule has 2 aromatic heterocycles. The van der Waals surface area contributed by atoms with Crippen molar-refractivity contribution < 1.29 is 13.7 Å². The Labute approximate surface area is 188 Å². The van der Waals surface area contributed by atoms with Gasteiger partial charge in [-0.05, 0) is 36.1 Å². The summed E-state index contributed by atoms with van der Waals surface area (Å²) in [5.41, 5.74) is 2.74. The lowest BCUT2D eigenvalue weighted by Crippen LogP contribution is -2.45. The van der Waals surface area contributed by atoms with Crippen molar-refractivity contribution in [1.29, 1.82) is 0 Å². The van der Waals surface area contributed by atoms with Gasteiger partial charge < -0.3 is 9.84 Å². The molecule has 1 unspecified atom stereocenters. The fourth-order valence-electron chi connectivity index (χ4n) is 3.78. The quantitative estimate of drug-likeness (QED) is 0.431. The first-order valence-corrected chi connectivity index (χ1v) is 10.9. The van der Waals surface area contributed by atoms with Gasteiger partial charge in [0, 0.05) is 16.1 Å². The van der Waals surface area contributed by atoms with E-state index in [0.29, 0.717) is 29.2 Å². The first-order chi connectivity index (χ1) is 15.6. The molecule has 3 heterocycles. The Balaban J connectivity index is 1.61. The number of allylic oxidation sites excluding steroid dienone is 1. The van der Waals surface area contributed by atoms with Crippen LogP contribution in [0.5, 0.6) is 0 Å². The second-order valence-electron chi connectivity index (χ2n) is 7.39. The van der Waals surface area contributed by atoms with E-state index in [9.17, 15) is 9.18 Å². The number of urea groups is 1. The number of carbonyl (C=O) groups is 1. The van der Waals surface area contributed by atoms with Gasteiger partial charge in [0.2, 0.25) is 5.82 Å². The van der Waals surface area contributed by atoms with Gasteiger partial charge >= 0.3 is 6.03 Å². The lowest BCUT2D eigenvalue weighted by molar-refractivity contribution is 0.203. The van der Waals surface area contributed by atoms with Crippen molar-refractivity contribution >= 4 is 22.9 Å². The summed E-state index contributed by atoms with van der Waals surface area (Å²) < 4.78 is 19.7. The highest BCUT2D eigenvalue weighted by molar-refractivity contribution is 7.09. The normalized spacial score (nSPS) is 16.4. The monoisotopic (exact) mass is 446 g/mol. The highest BCUT2D eigenvalue weighted by atomic mass is 32.1. The zero-order chi connectivity index (χ0) is 22.1. The van der Waals surface area contributed by atoms with Crippen molar-refractivity contribution in [3.63, 3.8) is 0 Å². The summed E-state index contributed by atoms with van der Waals surface area (Å²) in [6.07, 6.45) is 0. The third kappa shape index (κ3) is 3.80. The molecular formula is C24H19FN4O2S. The van der Waals surface area contributed by atoms with E-state index in [-0.39, 0.29) is 17.7 Å². The summed E-state index contributed by atoms with van der Waals surface area (Å²) in [6, 6.07) is 18.7. The third-order valence-corrected chi connectivity index (χ3v) is 6.22. The molecule has 0 aliphatic carbocycles. The maximum Gasteiger partial charge on any atom is 0.322 e. The van der Waals surface area contributed by atoms with Gasteiger partial charge in [-0.1, -0.05) is 53.7 Å². The van der Waals surface area contributed by atoms with Crippen molar-refractivity contribution in [2.75, 3.05) is 0 Å². The van der Waals surface area contributed by atoms with Crippen molar-refractivity contribution in [1.82, 2.24) is 20.4 Å². The average Bonchev–Trinajstić information content (AvgIpc) is 3.49. The molecule has 1 aliphatic rings. The fraction of sp³-hybridized carbons (Fsp3) is 0.125. The molecule has 0 radical (unpaired) electrons. The number of thiophene rings is 1. The summed E-state index contributed by atoms with van der Waals surface area (Å²) >= 11 is 1.57. The molecule has 1 atom stereocenters. The molecule has 5 rings (SSSR count). The molecule has 1 aliphatic heterocycles. The molecule has 2 amide bonds. The Bertz CT molecular complexity index is 1280. The standard InChI is InChI=1S/C24H19FN4O2S/c1-15-20(23-27-22(28-31-23)16-7-3-2-4-8-16)21(17-9-5-10-18(25)13-17)26-24(30)29(15)14-19-11-6-12-32-19/h2-13,21H,14H2,1H3,(H,26,30). The summed E-state index contributed by atoms with van der Waals surface area (Å²) in [5.74, 6) is 0.345. The third-order valence-electron chi connectivity index (χ3n) is 5.36. The lowest BCUT2D eigenvalue weighted by Gasteiger charge is -2.35. The Morgan fingerprint density at radius 2 is 1.97 bits per heavy atom. The summed E-state index contributed by atoms with van der Waals surface area (Å²) in [6.45, 7) is 2.26. The molecule has 6 nitrogen and oxygen atoms in total. The Morgan fingerprint density at radius 1 is 1.12 bits per heavy atom. The van der Waals surface area contributed by atoms with Crippen LogP contribution in [0.4, 0.5) is 9.18 Å². The summed E-state index contributed by atoms with van der Waals surface area (Å²) in [7, 11) is 0. The van der Waals surface area contributed by atoms with Gasteiger partial charge in [-0.25, -0.2) is 9.18 Å². The highest BCUT2D eigenvalue weighted by Crippen LogP contribution is 2.38. The second-order valence-corrected chi connectivity index (χ2v) is 8.42. The number of benzene rings is 2. The molecular weight excluding hydrogens is 427 g/mol. The molecule has 8 heteroatoms. The zero-order valence-corrected chi connectivity index (χ0v) is 18.0. The number of halogens is 1. The van der Waals surface area contributed by atoms with Gasteiger partial charge in [0.15, 0.2) is 0 Å². The van der Waals surface area contributed by atoms with Crippen molar-refractivity contribution in [2.24, 2.45) is 0 Å². The van der Waals surface area contributed by atoms with Crippen LogP contribution in [-0.2, 0) is 6.54 Å². The molecule has 0 saturated heterocycles. The molecule has 1 N–H and O–H groups in total. The topological polar surface area (TPSA) is 71.3 Å². The molecule has 0 fully saturated rings. The minimum atomic E-state index is -0.623. The number of aromatic nitrogens is 2. The number of amides is 2. The largest absolute Gasteiger partial charge is 0.334 e. The number of rotatable bonds is 5. The molecule has 4 aromatic rings. The van der Waals surface area contributed by atoms with Gasteiger partial charge in [-0.2, -0.15) is 4.98 Å². The van der Waals surface area contributed by atoms with E-state index in [1.54, 1.807) is 28.4 Å². The van der Waals surface area contributed by atoms with Crippen LogP contribution in [-0.4, -0.2) is 21.1 Å². The van der Waals surface area contributed by atoms with Gasteiger partial charge in [0.1, 0.15) is 5.82 Å². The van der Waals surface area contributed by atoms with E-state index >= 15 is 0 Å². The second kappa shape index (κ2) is 8.39. The van der Waals surface area contributed by atoms with Gasteiger partial charge in [0.05, 0.1) is 18.2 Å². The van der Waals surface area contributed by atoms with E-state index in [4.69, 9.17) is 4.52 Å². The molecule has 0 spiro atoms. The van der Waals surface area contributed by atoms with Crippen LogP contribution in [0.15, 0.2) is 82.3 Å². The fourth-order valence-corrected chi connectivity index (χ4v) is 4.47. The number of carbonyl (C=O) groups excluding carboxylic acids is 1. The van der Waals surface area contributed by atoms with Crippen LogP contribution >= 0.6 is 11.3 Å². The van der Waals surface area contributed by atoms with Crippen molar-refractivity contribution in [2.45, 2.75) is 19.5 Å². The summed E-state index contributed by atoms with van der Waals surface area (Å²) in [4.78, 5) is 20.3. The number of nitrogens with zero attached hydrogens (tertiary/aromatic N) is 3. The minimum Gasteiger partial charge on any atom is -0.334 e. The first kappa shape index (κ1) is 20.1. The lowest BCUT2D eigenvalue weighted by atomic mass is 9.94. The van der Waals surface area contributed by atoms with Gasteiger partial charge in [0.25, 0.3) is 5.89 Å². The first-order valence-electron chi connectivity index (χ1n) is 10.1. The minimum absolute atomic E-state index is 0.267. The van der Waals surface area contributed by atoms with E-state index in [0.717, 1.165) is 10.4 Å². The molecule has 2 aromatic carbocycles. The van der Waals surface area contributed by atoms with Crippen LogP contribution in [0.25, 0.3) is 17.0 Å². The SMILES string of the molecule is CC1=C(c2nc(-c3ccccc3)no2)C(c2cccc(F)c2)NC(=O)N1Cc1cccs1. The number of hydrogen-bond acceptors (Lipinski definition) is 5. The Kier molecular flexibility index (Phi) is 5.28. The molecule has 0 bridgehead atoms. The Hall–Kier alpha value is -3.78. The maximum absolute atomic E-state index is 14.0. The van der Waals surface area contributed by atoms with Crippen molar-refractivity contribution in [3.05, 3.63) is 100.0 Å².